The maximum absolute atomic E-state index is 15.8. The van der Waals surface area contributed by atoms with Gasteiger partial charge in [-0.1, -0.05) is 50.6 Å². The molecular formula is C51H56N3O8-. The molecule has 2 aromatic heterocycles. The van der Waals surface area contributed by atoms with Crippen LogP contribution < -0.4 is 19.8 Å². The number of aryl methyl sites for hydroxylation is 2. The van der Waals surface area contributed by atoms with Crippen LogP contribution in [0.4, 0.5) is 11.5 Å². The number of carbonyl (C=O) groups is 1. The number of aromatic nitrogens is 2. The van der Waals surface area contributed by atoms with Gasteiger partial charge < -0.3 is 45.3 Å². The number of phenols is 4. The van der Waals surface area contributed by atoms with Gasteiger partial charge >= 0.3 is 0 Å². The monoisotopic (exact) mass is 838 g/mol. The molecule has 1 aliphatic carbocycles. The number of fused-ring (bicyclic) bond motifs is 6. The van der Waals surface area contributed by atoms with Crippen molar-refractivity contribution in [3.63, 3.8) is 0 Å². The first-order valence-electron chi connectivity index (χ1n) is 21.7. The lowest BCUT2D eigenvalue weighted by Gasteiger charge is -2.45. The van der Waals surface area contributed by atoms with E-state index in [-0.39, 0.29) is 59.2 Å². The van der Waals surface area contributed by atoms with Gasteiger partial charge in [-0.2, -0.15) is 11.9 Å². The molecule has 8 rings (SSSR count). The highest BCUT2D eigenvalue weighted by Crippen LogP contribution is 2.55. The van der Waals surface area contributed by atoms with Crippen molar-refractivity contribution < 1.29 is 39.8 Å². The lowest BCUT2D eigenvalue weighted by atomic mass is 9.58. The zero-order valence-corrected chi connectivity index (χ0v) is 35.6. The third-order valence-corrected chi connectivity index (χ3v) is 13.2. The van der Waals surface area contributed by atoms with Crippen molar-refractivity contribution in [2.45, 2.75) is 89.1 Å². The number of aromatic hydroxyl groups is 4. The molecule has 3 heterocycles. The van der Waals surface area contributed by atoms with Crippen LogP contribution in [0.5, 0.6) is 34.5 Å². The smallest absolute Gasteiger partial charge is 0.200 e. The van der Waals surface area contributed by atoms with Crippen molar-refractivity contribution in [2.24, 2.45) is 17.8 Å². The molecule has 6 N–H and O–H groups in total. The van der Waals surface area contributed by atoms with Gasteiger partial charge in [-0.3, -0.25) is 4.79 Å². The third kappa shape index (κ3) is 8.63. The average Bonchev–Trinajstić information content (AvgIpc) is 3.93. The zero-order chi connectivity index (χ0) is 43.5. The summed E-state index contributed by atoms with van der Waals surface area (Å²) in [6, 6.07) is 25.7. The molecule has 62 heavy (non-hydrogen) atoms. The molecule has 4 aromatic carbocycles. The number of nitrogens with zero attached hydrogens (tertiary/aromatic N) is 2. The Labute approximate surface area is 362 Å². The van der Waals surface area contributed by atoms with Gasteiger partial charge in [0, 0.05) is 23.7 Å². The highest BCUT2D eigenvalue weighted by Gasteiger charge is 2.54. The van der Waals surface area contributed by atoms with Crippen LogP contribution in [-0.4, -0.2) is 56.1 Å². The summed E-state index contributed by atoms with van der Waals surface area (Å²) < 4.78 is 11.4. The second kappa shape index (κ2) is 18.0. The summed E-state index contributed by atoms with van der Waals surface area (Å²) >= 11 is 0. The van der Waals surface area contributed by atoms with E-state index in [1.807, 2.05) is 62.4 Å². The van der Waals surface area contributed by atoms with Gasteiger partial charge in [0.25, 0.3) is 0 Å². The van der Waals surface area contributed by atoms with Gasteiger partial charge in [0.2, 0.25) is 5.75 Å². The second-order valence-corrected chi connectivity index (χ2v) is 17.6. The normalized spacial score (nSPS) is 20.9. The van der Waals surface area contributed by atoms with E-state index in [0.29, 0.717) is 55.8 Å². The van der Waals surface area contributed by atoms with E-state index in [2.05, 4.69) is 10.3 Å². The molecule has 0 amide bonds. The van der Waals surface area contributed by atoms with Crippen LogP contribution in [0.25, 0.3) is 10.8 Å². The van der Waals surface area contributed by atoms with Gasteiger partial charge in [0.05, 0.1) is 25.7 Å². The lowest BCUT2D eigenvalue weighted by molar-refractivity contribution is -0.132. The van der Waals surface area contributed by atoms with E-state index in [0.717, 1.165) is 51.7 Å². The van der Waals surface area contributed by atoms with E-state index in [4.69, 9.17) is 14.5 Å². The number of benzene rings is 4. The Bertz CT molecular complexity index is 2540. The van der Waals surface area contributed by atoms with Crippen LogP contribution >= 0.6 is 0 Å². The van der Waals surface area contributed by atoms with Crippen LogP contribution in [0.3, 0.4) is 0 Å². The van der Waals surface area contributed by atoms with Crippen molar-refractivity contribution in [1.82, 2.24) is 9.97 Å². The van der Waals surface area contributed by atoms with E-state index >= 15 is 4.79 Å². The predicted octanol–water partition coefficient (Wildman–Crippen LogP) is 9.38. The molecule has 11 nitrogen and oxygen atoms in total. The summed E-state index contributed by atoms with van der Waals surface area (Å²) in [6.45, 7) is 4.31. The molecule has 1 fully saturated rings. The highest BCUT2D eigenvalue weighted by molar-refractivity contribution is 5.92. The van der Waals surface area contributed by atoms with E-state index < -0.39 is 23.4 Å². The Morgan fingerprint density at radius 2 is 1.79 bits per heavy atom. The lowest BCUT2D eigenvalue weighted by Crippen LogP contribution is -2.50. The molecule has 11 heteroatoms. The van der Waals surface area contributed by atoms with Gasteiger partial charge in [-0.05, 0) is 150 Å². The Morgan fingerprint density at radius 3 is 2.58 bits per heavy atom. The van der Waals surface area contributed by atoms with Gasteiger partial charge in [0.1, 0.15) is 17.4 Å². The van der Waals surface area contributed by atoms with Gasteiger partial charge in [0.15, 0.2) is 23.0 Å². The Kier molecular flexibility index (Phi) is 12.4. The molecule has 5 atom stereocenters. The molecule has 6 aromatic rings. The molecule has 0 unspecified atom stereocenters. The molecule has 2 aliphatic rings. The number of phenolic OH excluding ortho intramolecular Hbond substituents is 4. The summed E-state index contributed by atoms with van der Waals surface area (Å²) in [7, 11) is 1.50. The first-order chi connectivity index (χ1) is 29.9. The fourth-order valence-electron chi connectivity index (χ4n) is 10.3. The molecule has 1 spiro atoms. The van der Waals surface area contributed by atoms with Crippen LogP contribution in [0.2, 0.25) is 0 Å². The minimum atomic E-state index is -1.07. The van der Waals surface area contributed by atoms with Crippen LogP contribution in [0.15, 0.2) is 97.3 Å². The SMILES string of the molecule is COc1cc(CC[C@@H](O)[C@@H]2C(=O)C[C@H](c3cc(O)c(O)c(OCC(C)C)c3)CCc3c(ccc4cc(O)ccc34)Nc3cc(ccn3)[C@]23CCC[C@@H]3Cc2ccc[n-]2)ccc1O. The molecule has 1 aliphatic heterocycles. The minimum Gasteiger partial charge on any atom is -0.668 e. The number of aliphatic hydroxyl groups is 1. The second-order valence-electron chi connectivity index (χ2n) is 17.6. The summed E-state index contributed by atoms with van der Waals surface area (Å²) in [5.41, 5.74) is 4.34. The number of hydrogen-bond donors (Lipinski definition) is 6. The predicted molar refractivity (Wildman–Crippen MR) is 239 cm³/mol. The number of ether oxygens (including phenoxy) is 2. The number of ketones is 1. The number of pyridine rings is 1. The first-order valence-corrected chi connectivity index (χ1v) is 21.7. The van der Waals surface area contributed by atoms with E-state index in [1.54, 1.807) is 42.7 Å². The molecule has 324 valence electrons. The number of nitrogens with one attached hydrogen (secondary N) is 1. The Morgan fingerprint density at radius 1 is 0.935 bits per heavy atom. The first kappa shape index (κ1) is 42.5. The Hall–Kier alpha value is -6.20. The quantitative estimate of drug-likeness (QED) is 0.0686. The maximum Gasteiger partial charge on any atom is 0.200 e. The Balaban J connectivity index is 1.30. The van der Waals surface area contributed by atoms with Crippen molar-refractivity contribution in [3.05, 3.63) is 125 Å². The van der Waals surface area contributed by atoms with Crippen molar-refractivity contribution >= 4 is 28.1 Å². The fraction of sp³-hybridized carbons (Fsp3) is 0.373. The van der Waals surface area contributed by atoms with Crippen LogP contribution in [-0.2, 0) is 29.5 Å². The largest absolute Gasteiger partial charge is 0.668 e. The topological polar surface area (TPSA) is 176 Å². The average molecular weight is 839 g/mol. The van der Waals surface area contributed by atoms with Gasteiger partial charge in [-0.15, -0.1) is 0 Å². The number of aliphatic hydroxyl groups excluding tert-OH is 1. The summed E-state index contributed by atoms with van der Waals surface area (Å²) in [4.78, 5) is 25.3. The van der Waals surface area contributed by atoms with Crippen molar-refractivity contribution in [1.29, 1.82) is 0 Å². The molecule has 2 bridgehead atoms. The number of Topliss-reactive ketones (excluding diaryl/α,β-unsaturated/α-hetero) is 1. The minimum absolute atomic E-state index is 0.0237. The number of rotatable bonds is 11. The fourth-order valence-corrected chi connectivity index (χ4v) is 10.3. The summed E-state index contributed by atoms with van der Waals surface area (Å²) in [6.07, 6.45) is 7.15. The summed E-state index contributed by atoms with van der Waals surface area (Å²) in [5.74, 6) is -0.735. The molecule has 1 saturated carbocycles. The summed E-state index contributed by atoms with van der Waals surface area (Å²) in [5, 5.41) is 61.1. The van der Waals surface area contributed by atoms with Crippen LogP contribution in [0.1, 0.15) is 86.2 Å². The van der Waals surface area contributed by atoms with E-state index in [9.17, 15) is 25.5 Å². The van der Waals surface area contributed by atoms with Gasteiger partial charge in [-0.25, -0.2) is 4.98 Å². The maximum atomic E-state index is 15.8. The zero-order valence-electron chi connectivity index (χ0n) is 35.6. The standard InChI is InChI=1S/C51H56N3O8/c1-30(2)29-62-47-26-34(25-45(59)50(47)60)32-10-13-40-39-14-12-38(55)23-33(39)11-15-41(40)54-48-28-36(18-21-53-48)51(19-4-6-35(51)27-37-7-5-20-52-37)49(44(58)24-32)43(57)17-9-31-8-16-42(56)46(22-31)61-3/h5,7-8,11-12,14-16,18,20-23,25-26,28,30,32,35,43,49,55-57,59-60H,4,6,9-10,13,17,19,24,27,29H2,1-3H3,(H,53,54)/q-1/t32-,35-,43-,49-,51-/m1/s1. The molecule has 0 radical (unpaired) electrons. The highest BCUT2D eigenvalue weighted by atomic mass is 16.5. The number of methoxy groups -OCH3 is 1. The molecule has 0 saturated heterocycles. The number of anilines is 2. The van der Waals surface area contributed by atoms with E-state index in [1.165, 1.54) is 13.2 Å². The van der Waals surface area contributed by atoms with Crippen molar-refractivity contribution in [3.8, 4) is 34.5 Å². The molecular weight excluding hydrogens is 783 g/mol. The number of hydrogen-bond acceptors (Lipinski definition) is 10. The van der Waals surface area contributed by atoms with Crippen molar-refractivity contribution in [2.75, 3.05) is 19.0 Å². The third-order valence-electron chi connectivity index (χ3n) is 13.2. The van der Waals surface area contributed by atoms with Crippen LogP contribution in [0, 0.1) is 17.8 Å². The number of carbonyl (C=O) groups excluding carboxylic acids is 1.